The molecule has 15 nitrogen and oxygen atoms in total. The Hall–Kier alpha value is -0.600. The summed E-state index contributed by atoms with van der Waals surface area (Å²) in [6, 6.07) is 0. The molecule has 0 aromatic heterocycles. The van der Waals surface area contributed by atoms with Crippen molar-refractivity contribution < 1.29 is 73.3 Å². The molecular formula is C29H52O15. The van der Waals surface area contributed by atoms with E-state index in [1.54, 1.807) is 6.92 Å². The van der Waals surface area contributed by atoms with Crippen LogP contribution in [0.4, 0.5) is 0 Å². The zero-order chi connectivity index (χ0) is 31.6. The third-order valence-electron chi connectivity index (χ3n) is 8.15. The maximum Gasteiger partial charge on any atom is 0.212 e. The predicted molar refractivity (Wildman–Crippen MR) is 148 cm³/mol. The average Bonchev–Trinajstić information content (AvgIpc) is 3.94. The van der Waals surface area contributed by atoms with Gasteiger partial charge < -0.3 is 73.3 Å². The van der Waals surface area contributed by atoms with Crippen LogP contribution in [0.1, 0.15) is 71.6 Å². The van der Waals surface area contributed by atoms with E-state index in [2.05, 4.69) is 6.92 Å². The van der Waals surface area contributed by atoms with Crippen LogP contribution in [0.25, 0.3) is 0 Å². The van der Waals surface area contributed by atoms with Gasteiger partial charge in [-0.1, -0.05) is 39.5 Å². The Morgan fingerprint density at radius 1 is 0.523 bits per heavy atom. The van der Waals surface area contributed by atoms with Gasteiger partial charge in [0.25, 0.3) is 0 Å². The molecule has 5 saturated heterocycles. The molecule has 14 unspecified atom stereocenters. The average molecular weight is 641 g/mol. The third-order valence-corrected chi connectivity index (χ3v) is 8.15. The van der Waals surface area contributed by atoms with E-state index in [9.17, 15) is 20.4 Å². The van der Waals surface area contributed by atoms with Gasteiger partial charge in [0.1, 0.15) is 48.8 Å². The maximum absolute atomic E-state index is 10.5. The van der Waals surface area contributed by atoms with Gasteiger partial charge in [-0.3, -0.25) is 0 Å². The largest absolute Gasteiger partial charge is 0.396 e. The van der Waals surface area contributed by atoms with Gasteiger partial charge in [0.15, 0.2) is 25.2 Å². The normalized spacial score (nSPS) is 42.5. The first kappa shape index (κ1) is 36.2. The van der Waals surface area contributed by atoms with Gasteiger partial charge in [0, 0.05) is 19.8 Å². The standard InChI is InChI=1S/C22H36O14.C7H16O/c1-2-9-17(26)34-18(27)22(30-9)36-19-12(25)14-16(33-14)21(35-19)29-8-10-11(24)13-15(32-13)20(31-10)28-7-5-3-4-6-23;1-2-3-4-5-6-7-8/h9-27H,2-8H2,1H3;8H,2-7H2,1H3. The second-order valence-electron chi connectivity index (χ2n) is 11.7. The minimum atomic E-state index is -1.59. The van der Waals surface area contributed by atoms with Gasteiger partial charge in [-0.05, 0) is 32.1 Å². The molecule has 0 saturated carbocycles. The fourth-order valence-corrected chi connectivity index (χ4v) is 5.39. The lowest BCUT2D eigenvalue weighted by Gasteiger charge is -2.40. The van der Waals surface area contributed by atoms with Crippen LogP contribution in [-0.2, 0) is 42.6 Å². The Morgan fingerprint density at radius 2 is 1.14 bits per heavy atom. The highest BCUT2D eigenvalue weighted by Gasteiger charge is 2.61. The first-order valence-electron chi connectivity index (χ1n) is 16.1. The molecule has 0 bridgehead atoms. The molecule has 5 fully saturated rings. The molecule has 0 aromatic rings. The van der Waals surface area contributed by atoms with Crippen molar-refractivity contribution in [3.8, 4) is 0 Å². The molecule has 5 aliphatic rings. The highest BCUT2D eigenvalue weighted by Crippen LogP contribution is 2.41. The molecule has 0 aromatic carbocycles. The number of ether oxygens (including phenoxy) is 9. The summed E-state index contributed by atoms with van der Waals surface area (Å²) in [6.45, 7) is 4.85. The molecule has 5 aliphatic heterocycles. The number of aliphatic hydroxyl groups is 6. The van der Waals surface area contributed by atoms with Crippen LogP contribution in [0.2, 0.25) is 0 Å². The van der Waals surface area contributed by atoms with E-state index in [1.807, 2.05) is 0 Å². The van der Waals surface area contributed by atoms with E-state index in [4.69, 9.17) is 52.8 Å². The van der Waals surface area contributed by atoms with Gasteiger partial charge >= 0.3 is 0 Å². The molecule has 0 amide bonds. The van der Waals surface area contributed by atoms with Gasteiger partial charge in [-0.2, -0.15) is 0 Å². The third kappa shape index (κ3) is 9.95. The van der Waals surface area contributed by atoms with Crippen molar-refractivity contribution >= 4 is 0 Å². The van der Waals surface area contributed by atoms with Crippen LogP contribution in [0, 0.1) is 0 Å². The second kappa shape index (κ2) is 18.1. The van der Waals surface area contributed by atoms with E-state index >= 15 is 0 Å². The van der Waals surface area contributed by atoms with Crippen LogP contribution < -0.4 is 0 Å². The summed E-state index contributed by atoms with van der Waals surface area (Å²) in [4.78, 5) is 0. The Labute approximate surface area is 258 Å². The van der Waals surface area contributed by atoms with Crippen molar-refractivity contribution in [2.45, 2.75) is 158 Å². The van der Waals surface area contributed by atoms with E-state index < -0.39 is 80.5 Å². The highest BCUT2D eigenvalue weighted by molar-refractivity contribution is 5.02. The summed E-state index contributed by atoms with van der Waals surface area (Å²) in [7, 11) is 0. The minimum absolute atomic E-state index is 0.0616. The van der Waals surface area contributed by atoms with Crippen LogP contribution in [0.5, 0.6) is 0 Å². The molecule has 0 aliphatic carbocycles. The molecule has 258 valence electrons. The summed E-state index contributed by atoms with van der Waals surface area (Å²) in [5.41, 5.74) is 0. The summed E-state index contributed by atoms with van der Waals surface area (Å²) in [6.07, 6.45) is -3.69. The molecule has 15 heteroatoms. The predicted octanol–water partition coefficient (Wildman–Crippen LogP) is -0.400. The fourth-order valence-electron chi connectivity index (χ4n) is 5.39. The fraction of sp³-hybridized carbons (Fsp3) is 1.00. The number of hydrogen-bond donors (Lipinski definition) is 6. The monoisotopic (exact) mass is 640 g/mol. The molecule has 14 atom stereocenters. The van der Waals surface area contributed by atoms with Gasteiger partial charge in [0.2, 0.25) is 12.6 Å². The number of rotatable bonds is 17. The molecular weight excluding hydrogens is 588 g/mol. The lowest BCUT2D eigenvalue weighted by Crippen LogP contribution is -2.55. The number of aliphatic hydroxyl groups excluding tert-OH is 6. The van der Waals surface area contributed by atoms with Crippen LogP contribution >= 0.6 is 0 Å². The number of fused-ring (bicyclic) bond motifs is 2. The maximum atomic E-state index is 10.5. The second-order valence-corrected chi connectivity index (χ2v) is 11.7. The molecule has 5 heterocycles. The van der Waals surface area contributed by atoms with Crippen LogP contribution in [-0.4, -0.2) is 144 Å². The van der Waals surface area contributed by atoms with Crippen molar-refractivity contribution in [2.75, 3.05) is 26.4 Å². The first-order chi connectivity index (χ1) is 21.3. The van der Waals surface area contributed by atoms with E-state index in [1.165, 1.54) is 25.7 Å². The summed E-state index contributed by atoms with van der Waals surface area (Å²) in [5.74, 6) is 0. The molecule has 6 N–H and O–H groups in total. The quantitative estimate of drug-likeness (QED) is 0.0882. The van der Waals surface area contributed by atoms with Gasteiger partial charge in [-0.25, -0.2) is 0 Å². The zero-order valence-corrected chi connectivity index (χ0v) is 25.6. The van der Waals surface area contributed by atoms with Crippen molar-refractivity contribution in [1.82, 2.24) is 0 Å². The van der Waals surface area contributed by atoms with Crippen molar-refractivity contribution in [3.63, 3.8) is 0 Å². The smallest absolute Gasteiger partial charge is 0.212 e. The topological polar surface area (TPSA) is 211 Å². The van der Waals surface area contributed by atoms with Crippen molar-refractivity contribution in [1.29, 1.82) is 0 Å². The molecule has 5 rings (SSSR count). The summed E-state index contributed by atoms with van der Waals surface area (Å²) >= 11 is 0. The van der Waals surface area contributed by atoms with E-state index in [0.717, 1.165) is 19.3 Å². The van der Waals surface area contributed by atoms with E-state index in [0.29, 0.717) is 26.1 Å². The molecule has 44 heavy (non-hydrogen) atoms. The number of epoxide rings is 2. The van der Waals surface area contributed by atoms with Gasteiger partial charge in [0.05, 0.1) is 6.61 Å². The Balaban J connectivity index is 0.000000488. The van der Waals surface area contributed by atoms with Crippen molar-refractivity contribution in [3.05, 3.63) is 0 Å². The number of hydrogen-bond acceptors (Lipinski definition) is 15. The lowest BCUT2D eigenvalue weighted by molar-refractivity contribution is -0.420. The Morgan fingerprint density at radius 3 is 1.80 bits per heavy atom. The lowest BCUT2D eigenvalue weighted by atomic mass is 10.1. The zero-order valence-electron chi connectivity index (χ0n) is 25.6. The van der Waals surface area contributed by atoms with E-state index in [-0.39, 0.29) is 19.3 Å². The van der Waals surface area contributed by atoms with Crippen LogP contribution in [0.3, 0.4) is 0 Å². The minimum Gasteiger partial charge on any atom is -0.396 e. The molecule has 0 spiro atoms. The first-order valence-corrected chi connectivity index (χ1v) is 16.1. The Kier molecular flexibility index (Phi) is 14.9. The highest BCUT2D eigenvalue weighted by atomic mass is 16.9. The molecule has 0 radical (unpaired) electrons. The SMILES string of the molecule is CCC1OC(OC2OC(OCC3OC(OCCCCCO)C4OC4C3O)C3OC3C2O)C(O)OC1O.CCCCCCCO. The van der Waals surface area contributed by atoms with Gasteiger partial charge in [-0.15, -0.1) is 0 Å². The Bertz CT molecular complexity index is 803. The van der Waals surface area contributed by atoms with Crippen LogP contribution in [0.15, 0.2) is 0 Å². The number of unbranched alkanes of at least 4 members (excludes halogenated alkanes) is 6. The summed E-state index contributed by atoms with van der Waals surface area (Å²) < 4.78 is 50.4. The summed E-state index contributed by atoms with van der Waals surface area (Å²) in [5, 5.41) is 58.1. The van der Waals surface area contributed by atoms with Crippen molar-refractivity contribution in [2.24, 2.45) is 0 Å².